The summed E-state index contributed by atoms with van der Waals surface area (Å²) in [6.45, 7) is 4.86. The second kappa shape index (κ2) is 8.82. The molecule has 0 amide bonds. The van der Waals surface area contributed by atoms with Gasteiger partial charge in [-0.05, 0) is 46.7 Å². The molecule has 1 aliphatic rings. The number of hydrogen-bond donors (Lipinski definition) is 0. The Bertz CT molecular complexity index is 360. The van der Waals surface area contributed by atoms with Gasteiger partial charge in [0.1, 0.15) is 0 Å². The monoisotopic (exact) mass is 297 g/mol. The summed E-state index contributed by atoms with van der Waals surface area (Å²) in [4.78, 5) is 26.5. The molecule has 0 aliphatic heterocycles. The first kappa shape index (κ1) is 17.7. The Morgan fingerprint density at radius 1 is 1.19 bits per heavy atom. The van der Waals surface area contributed by atoms with Crippen molar-refractivity contribution in [3.63, 3.8) is 0 Å². The normalized spacial score (nSPS) is 21.6. The lowest BCUT2D eigenvalue weighted by Crippen LogP contribution is -2.40. The number of carbonyl (C=O) groups is 2. The average molecular weight is 297 g/mol. The van der Waals surface area contributed by atoms with Crippen molar-refractivity contribution in [2.24, 2.45) is 17.8 Å². The van der Waals surface area contributed by atoms with E-state index in [1.54, 1.807) is 13.8 Å². The Labute approximate surface area is 127 Å². The third kappa shape index (κ3) is 5.16. The lowest BCUT2D eigenvalue weighted by Gasteiger charge is -2.33. The predicted molar refractivity (Wildman–Crippen MR) is 80.7 cm³/mol. The first-order valence-corrected chi connectivity index (χ1v) is 7.65. The largest absolute Gasteiger partial charge is 0.465 e. The van der Waals surface area contributed by atoms with Gasteiger partial charge in [-0.15, -0.1) is 0 Å². The smallest absolute Gasteiger partial charge is 0.320 e. The van der Waals surface area contributed by atoms with E-state index in [2.05, 4.69) is 4.90 Å². The maximum absolute atomic E-state index is 12.2. The van der Waals surface area contributed by atoms with E-state index in [4.69, 9.17) is 9.47 Å². The van der Waals surface area contributed by atoms with Gasteiger partial charge >= 0.3 is 11.9 Å². The fourth-order valence-corrected chi connectivity index (χ4v) is 2.85. The molecule has 0 saturated carbocycles. The van der Waals surface area contributed by atoms with E-state index in [-0.39, 0.29) is 25.0 Å². The molecule has 0 bridgehead atoms. The van der Waals surface area contributed by atoms with E-state index in [0.29, 0.717) is 0 Å². The zero-order valence-electron chi connectivity index (χ0n) is 13.5. The van der Waals surface area contributed by atoms with Crippen LogP contribution >= 0.6 is 0 Å². The number of esters is 2. The first-order chi connectivity index (χ1) is 10.0. The molecule has 0 aromatic rings. The summed E-state index contributed by atoms with van der Waals surface area (Å²) in [6, 6.07) is 0. The fourth-order valence-electron chi connectivity index (χ4n) is 2.85. The van der Waals surface area contributed by atoms with Crippen molar-refractivity contribution in [1.29, 1.82) is 0 Å². The van der Waals surface area contributed by atoms with Crippen LogP contribution in [0.25, 0.3) is 0 Å². The van der Waals surface area contributed by atoms with Gasteiger partial charge in [0, 0.05) is 12.5 Å². The van der Waals surface area contributed by atoms with Gasteiger partial charge in [0.05, 0.1) is 13.2 Å². The Balaban J connectivity index is 2.97. The van der Waals surface area contributed by atoms with Crippen molar-refractivity contribution in [1.82, 2.24) is 4.90 Å². The van der Waals surface area contributed by atoms with E-state index < -0.39 is 17.9 Å². The van der Waals surface area contributed by atoms with Crippen LogP contribution in [0.2, 0.25) is 0 Å². The molecular weight excluding hydrogens is 270 g/mol. The number of rotatable bonds is 7. The molecule has 21 heavy (non-hydrogen) atoms. The maximum atomic E-state index is 12.2. The van der Waals surface area contributed by atoms with Gasteiger partial charge < -0.3 is 14.4 Å². The van der Waals surface area contributed by atoms with Gasteiger partial charge in [0.25, 0.3) is 0 Å². The van der Waals surface area contributed by atoms with Gasteiger partial charge in [-0.1, -0.05) is 12.2 Å². The second-order valence-corrected chi connectivity index (χ2v) is 5.59. The van der Waals surface area contributed by atoms with Gasteiger partial charge in [-0.25, -0.2) is 0 Å². The van der Waals surface area contributed by atoms with Gasteiger partial charge in [-0.2, -0.15) is 0 Å². The molecule has 1 aliphatic carbocycles. The van der Waals surface area contributed by atoms with Crippen LogP contribution in [0, 0.1) is 17.8 Å². The molecule has 0 spiro atoms. The second-order valence-electron chi connectivity index (χ2n) is 5.59. The zero-order valence-corrected chi connectivity index (χ0v) is 13.5. The van der Waals surface area contributed by atoms with Crippen molar-refractivity contribution >= 4 is 11.9 Å². The van der Waals surface area contributed by atoms with Crippen molar-refractivity contribution in [2.45, 2.75) is 26.7 Å². The number of hydrogen-bond acceptors (Lipinski definition) is 5. The standard InChI is InChI=1S/C16H27NO4/c1-5-20-15(18)14(16(19)21-6-2)13-10-8-7-9-12(13)11-17(3)4/h8,10,12-14H,5-7,9,11H2,1-4H3/t12-,13-/m0/s1. The van der Waals surface area contributed by atoms with Crippen molar-refractivity contribution in [3.8, 4) is 0 Å². The number of nitrogens with zero attached hydrogens (tertiary/aromatic N) is 1. The molecule has 0 N–H and O–H groups in total. The molecule has 1 rings (SSSR count). The topological polar surface area (TPSA) is 55.8 Å². The van der Waals surface area contributed by atoms with Crippen molar-refractivity contribution < 1.29 is 19.1 Å². The van der Waals surface area contributed by atoms with Crippen LogP contribution in [0.1, 0.15) is 26.7 Å². The number of allylic oxidation sites excluding steroid dienone is 2. The molecule has 0 heterocycles. The van der Waals surface area contributed by atoms with Crippen molar-refractivity contribution in [3.05, 3.63) is 12.2 Å². The SMILES string of the molecule is CCOC(=O)C(C(=O)OCC)[C@H]1C=CCC[C@H]1CN(C)C. The van der Waals surface area contributed by atoms with E-state index >= 15 is 0 Å². The average Bonchev–Trinajstić information content (AvgIpc) is 2.41. The molecular formula is C16H27NO4. The van der Waals surface area contributed by atoms with E-state index in [0.717, 1.165) is 19.4 Å². The molecule has 0 fully saturated rings. The Hall–Kier alpha value is -1.36. The van der Waals surface area contributed by atoms with Gasteiger partial charge in [-0.3, -0.25) is 9.59 Å². The van der Waals surface area contributed by atoms with Crippen LogP contribution in [-0.2, 0) is 19.1 Å². The summed E-state index contributed by atoms with van der Waals surface area (Å²) < 4.78 is 10.2. The third-order valence-corrected chi connectivity index (χ3v) is 3.67. The summed E-state index contributed by atoms with van der Waals surface area (Å²) in [5.41, 5.74) is 0. The van der Waals surface area contributed by atoms with Crippen LogP contribution in [0.5, 0.6) is 0 Å². The minimum atomic E-state index is -0.855. The predicted octanol–water partition coefficient (Wildman–Crippen LogP) is 1.87. The molecule has 0 saturated heterocycles. The van der Waals surface area contributed by atoms with Crippen molar-refractivity contribution in [2.75, 3.05) is 33.9 Å². The Morgan fingerprint density at radius 3 is 2.24 bits per heavy atom. The van der Waals surface area contributed by atoms with Crippen LogP contribution in [-0.4, -0.2) is 50.7 Å². The quantitative estimate of drug-likeness (QED) is 0.408. The maximum Gasteiger partial charge on any atom is 0.320 e. The molecule has 0 unspecified atom stereocenters. The van der Waals surface area contributed by atoms with Crippen LogP contribution < -0.4 is 0 Å². The highest BCUT2D eigenvalue weighted by atomic mass is 16.6. The molecule has 0 aromatic heterocycles. The third-order valence-electron chi connectivity index (χ3n) is 3.67. The summed E-state index contributed by atoms with van der Waals surface area (Å²) in [7, 11) is 4.00. The molecule has 0 radical (unpaired) electrons. The highest BCUT2D eigenvalue weighted by Crippen LogP contribution is 2.33. The highest BCUT2D eigenvalue weighted by molar-refractivity contribution is 5.95. The van der Waals surface area contributed by atoms with Crippen LogP contribution in [0.4, 0.5) is 0 Å². The minimum Gasteiger partial charge on any atom is -0.465 e. The van der Waals surface area contributed by atoms with E-state index in [1.807, 2.05) is 26.2 Å². The molecule has 0 aromatic carbocycles. The molecule has 2 atom stereocenters. The van der Waals surface area contributed by atoms with Crippen LogP contribution in [0.3, 0.4) is 0 Å². The Kier molecular flexibility index (Phi) is 7.43. The molecule has 5 heteroatoms. The molecule has 120 valence electrons. The fraction of sp³-hybridized carbons (Fsp3) is 0.750. The van der Waals surface area contributed by atoms with Gasteiger partial charge in [0.15, 0.2) is 5.92 Å². The lowest BCUT2D eigenvalue weighted by atomic mass is 9.75. The van der Waals surface area contributed by atoms with E-state index in [9.17, 15) is 9.59 Å². The Morgan fingerprint density at radius 2 is 1.76 bits per heavy atom. The summed E-state index contributed by atoms with van der Waals surface area (Å²) in [5.74, 6) is -1.71. The molecule has 5 nitrogen and oxygen atoms in total. The summed E-state index contributed by atoms with van der Waals surface area (Å²) in [6.07, 6.45) is 5.97. The van der Waals surface area contributed by atoms with Crippen LogP contribution in [0.15, 0.2) is 12.2 Å². The zero-order chi connectivity index (χ0) is 15.8. The lowest BCUT2D eigenvalue weighted by molar-refractivity contribution is -0.164. The summed E-state index contributed by atoms with van der Waals surface area (Å²) in [5, 5.41) is 0. The minimum absolute atomic E-state index is 0.153. The number of ether oxygens (including phenoxy) is 2. The van der Waals surface area contributed by atoms with E-state index in [1.165, 1.54) is 0 Å². The first-order valence-electron chi connectivity index (χ1n) is 7.65. The van der Waals surface area contributed by atoms with Gasteiger partial charge in [0.2, 0.25) is 0 Å². The summed E-state index contributed by atoms with van der Waals surface area (Å²) >= 11 is 0. The highest BCUT2D eigenvalue weighted by Gasteiger charge is 2.41. The number of carbonyl (C=O) groups excluding carboxylic acids is 2.